The van der Waals surface area contributed by atoms with Crippen molar-refractivity contribution in [1.82, 2.24) is 0 Å². The number of nitro benzene ring substituents is 2. The van der Waals surface area contributed by atoms with Crippen molar-refractivity contribution in [2.75, 3.05) is 0 Å². The summed E-state index contributed by atoms with van der Waals surface area (Å²) in [6.45, 7) is 11.2. The quantitative estimate of drug-likeness (QED) is 0.155. The van der Waals surface area contributed by atoms with Crippen LogP contribution in [0.1, 0.15) is 89.5 Å². The first-order valence-electron chi connectivity index (χ1n) is 12.7. The third kappa shape index (κ3) is 8.47. The van der Waals surface area contributed by atoms with E-state index in [-0.39, 0.29) is 87.1 Å². The molecule has 1 aliphatic carbocycles. The molecule has 0 saturated heterocycles. The fraction of sp³-hybridized carbons (Fsp3) is 0.500. The monoisotopic (exact) mass is 706 g/mol. The van der Waals surface area contributed by atoms with Crippen molar-refractivity contribution in [1.29, 1.82) is 0 Å². The Morgan fingerprint density at radius 3 is 1.35 bits per heavy atom. The van der Waals surface area contributed by atoms with E-state index < -0.39 is 20.7 Å². The van der Waals surface area contributed by atoms with Crippen molar-refractivity contribution in [3.63, 3.8) is 0 Å². The van der Waals surface area contributed by atoms with Crippen LogP contribution in [0.25, 0.3) is 0 Å². The molecule has 2 aromatic carbocycles. The molecule has 0 bridgehead atoms. The van der Waals surface area contributed by atoms with Gasteiger partial charge in [-0.3, -0.25) is 30.2 Å². The summed E-state index contributed by atoms with van der Waals surface area (Å²) in [5.41, 5.74) is 0.188. The Labute approximate surface area is 262 Å². The maximum atomic E-state index is 11.5. The number of aromatic hydroxyl groups is 2. The summed E-state index contributed by atoms with van der Waals surface area (Å²) in [5.74, 6) is -0.0853. The summed E-state index contributed by atoms with van der Waals surface area (Å²) < 4.78 is 0. The van der Waals surface area contributed by atoms with Crippen molar-refractivity contribution in [3.05, 3.63) is 66.7 Å². The van der Waals surface area contributed by atoms with Crippen LogP contribution < -0.4 is 24.0 Å². The van der Waals surface area contributed by atoms with Gasteiger partial charge in [-0.25, -0.2) is 0 Å². The van der Waals surface area contributed by atoms with Crippen LogP contribution in [0, 0.1) is 20.2 Å². The third-order valence-corrected chi connectivity index (χ3v) is 6.79. The second kappa shape index (κ2) is 13.9. The standard InChI is InChI=1S/C28H36N4O6.HI.Mn/c1-27(2,3)21-13-19(31(35)36)11-17(25(21)33)15-29-23-9-7-8-10-24(23)30-16-18-12-20(32(37)38)14-22(26(18)34)28(4,5)6;;/h11-16,23-24,33-34H,7-10H2,1-6H3;1H;/p-1/t23-,24-;;/m1../s1. The van der Waals surface area contributed by atoms with Crippen molar-refractivity contribution in [3.8, 4) is 11.5 Å². The van der Waals surface area contributed by atoms with E-state index in [0.29, 0.717) is 11.1 Å². The van der Waals surface area contributed by atoms with Crippen LogP contribution in [-0.4, -0.2) is 44.6 Å². The molecule has 10 nitrogen and oxygen atoms in total. The average Bonchev–Trinajstić information content (AvgIpc) is 2.81. The summed E-state index contributed by atoms with van der Waals surface area (Å²) in [6.07, 6.45) is 6.26. The van der Waals surface area contributed by atoms with Crippen LogP contribution in [0.2, 0.25) is 0 Å². The molecule has 2 atom stereocenters. The first-order valence-corrected chi connectivity index (χ1v) is 12.7. The molecule has 40 heavy (non-hydrogen) atoms. The zero-order chi connectivity index (χ0) is 28.4. The van der Waals surface area contributed by atoms with E-state index in [9.17, 15) is 30.4 Å². The zero-order valence-electron chi connectivity index (χ0n) is 23.5. The molecule has 0 amide bonds. The predicted octanol–water partition coefficient (Wildman–Crippen LogP) is 3.36. The summed E-state index contributed by atoms with van der Waals surface area (Å²) in [6, 6.07) is 4.89. The molecule has 2 N–H and O–H groups in total. The van der Waals surface area contributed by atoms with Crippen molar-refractivity contribution >= 4 is 23.8 Å². The third-order valence-electron chi connectivity index (χ3n) is 6.79. The topological polar surface area (TPSA) is 151 Å². The van der Waals surface area contributed by atoms with E-state index in [2.05, 4.69) is 9.98 Å². The summed E-state index contributed by atoms with van der Waals surface area (Å²) >= 11 is 0. The molecule has 0 heterocycles. The molecule has 0 spiro atoms. The summed E-state index contributed by atoms with van der Waals surface area (Å²) in [7, 11) is 0. The average molecular weight is 706 g/mol. The molecular weight excluding hydrogens is 670 g/mol. The van der Waals surface area contributed by atoms with Gasteiger partial charge in [-0.05, 0) is 23.7 Å². The smallest absolute Gasteiger partial charge is 0.270 e. The number of non-ortho nitro benzene ring substituents is 2. The number of hydrogen-bond donors (Lipinski definition) is 2. The molecule has 1 saturated carbocycles. The van der Waals surface area contributed by atoms with Crippen LogP contribution in [0.4, 0.5) is 11.4 Å². The number of aliphatic imine (C=N–C) groups is 2. The first kappa shape index (κ1) is 35.5. The fourth-order valence-electron chi connectivity index (χ4n) is 4.62. The van der Waals surface area contributed by atoms with Gasteiger partial charge in [-0.15, -0.1) is 0 Å². The van der Waals surface area contributed by atoms with Crippen molar-refractivity contribution in [2.45, 2.75) is 90.1 Å². The fourth-order valence-corrected chi connectivity index (χ4v) is 4.62. The van der Waals surface area contributed by atoms with Gasteiger partial charge in [-0.2, -0.15) is 0 Å². The zero-order valence-corrected chi connectivity index (χ0v) is 26.9. The largest absolute Gasteiger partial charge is 1.00 e. The molecular formula is C28H36IMnN4O6-. The van der Waals surface area contributed by atoms with Crippen LogP contribution in [-0.2, 0) is 27.9 Å². The molecule has 1 fully saturated rings. The summed E-state index contributed by atoms with van der Waals surface area (Å²) in [5, 5.41) is 44.7. The molecule has 0 aliphatic heterocycles. The van der Waals surface area contributed by atoms with E-state index in [1.807, 2.05) is 41.5 Å². The molecule has 1 aliphatic rings. The Morgan fingerprint density at radius 1 is 0.750 bits per heavy atom. The minimum Gasteiger partial charge on any atom is -1.00 e. The Morgan fingerprint density at radius 2 is 1.07 bits per heavy atom. The van der Waals surface area contributed by atoms with E-state index in [1.165, 1.54) is 36.7 Å². The SMILES string of the molecule is CC(C)(C)c1cc([N+](=O)[O-])cc(C=N[C@@H]2CCCC[C@H]2N=Cc2cc([N+](=O)[O-])cc(C(C)(C)C)c2O)c1O.[I-].[Mn]. The second-order valence-corrected chi connectivity index (χ2v) is 11.9. The normalized spacial score (nSPS) is 17.9. The van der Waals surface area contributed by atoms with Crippen LogP contribution in [0.15, 0.2) is 34.3 Å². The van der Waals surface area contributed by atoms with E-state index >= 15 is 0 Å². The first-order chi connectivity index (χ1) is 17.6. The number of rotatable bonds is 6. The molecule has 12 heteroatoms. The van der Waals surface area contributed by atoms with Gasteiger partial charge in [0, 0.05) is 76.0 Å². The molecule has 219 valence electrons. The summed E-state index contributed by atoms with van der Waals surface area (Å²) in [4.78, 5) is 31.3. The maximum Gasteiger partial charge on any atom is 0.270 e. The van der Waals surface area contributed by atoms with E-state index in [1.54, 1.807) is 0 Å². The van der Waals surface area contributed by atoms with Gasteiger partial charge in [0.2, 0.25) is 0 Å². The Hall–Kier alpha value is -2.57. The molecule has 1 radical (unpaired) electrons. The minimum atomic E-state index is -0.511. The number of benzene rings is 2. The van der Waals surface area contributed by atoms with Gasteiger partial charge in [0.25, 0.3) is 11.4 Å². The molecule has 0 unspecified atom stereocenters. The number of nitro groups is 2. The van der Waals surface area contributed by atoms with Crippen LogP contribution in [0.3, 0.4) is 0 Å². The number of phenols is 2. The van der Waals surface area contributed by atoms with E-state index in [4.69, 9.17) is 0 Å². The Bertz CT molecular complexity index is 1200. The number of halogens is 1. The van der Waals surface area contributed by atoms with E-state index in [0.717, 1.165) is 25.7 Å². The van der Waals surface area contributed by atoms with Gasteiger partial charge in [-0.1, -0.05) is 54.4 Å². The number of nitrogens with zero attached hydrogens (tertiary/aromatic N) is 4. The molecule has 0 aromatic heterocycles. The Kier molecular flexibility index (Phi) is 12.3. The predicted molar refractivity (Wildman–Crippen MR) is 148 cm³/mol. The molecule has 3 rings (SSSR count). The van der Waals surface area contributed by atoms with Crippen molar-refractivity contribution in [2.24, 2.45) is 9.98 Å². The van der Waals surface area contributed by atoms with Gasteiger partial charge >= 0.3 is 0 Å². The number of phenolic OH excluding ortho intramolecular Hbond substituents is 2. The van der Waals surface area contributed by atoms with Crippen molar-refractivity contribution < 1.29 is 61.1 Å². The van der Waals surface area contributed by atoms with Gasteiger partial charge < -0.3 is 34.2 Å². The van der Waals surface area contributed by atoms with Gasteiger partial charge in [0.1, 0.15) is 11.5 Å². The van der Waals surface area contributed by atoms with Gasteiger partial charge in [0.15, 0.2) is 0 Å². The maximum absolute atomic E-state index is 11.5. The van der Waals surface area contributed by atoms with Crippen LogP contribution in [0.5, 0.6) is 11.5 Å². The van der Waals surface area contributed by atoms with Gasteiger partial charge in [0.05, 0.1) is 21.9 Å². The second-order valence-electron chi connectivity index (χ2n) is 11.9. The van der Waals surface area contributed by atoms with Crippen LogP contribution >= 0.6 is 0 Å². The molecule has 2 aromatic rings. The minimum absolute atomic E-state index is 0. The Balaban J connectivity index is 0.00000400. The number of hydrogen-bond acceptors (Lipinski definition) is 8.